The second-order valence-corrected chi connectivity index (χ2v) is 23.4. The minimum absolute atomic E-state index is 0.0206. The van der Waals surface area contributed by atoms with Crippen molar-refractivity contribution >= 4 is 153 Å². The lowest BCUT2D eigenvalue weighted by Crippen LogP contribution is -2.00. The lowest BCUT2D eigenvalue weighted by Gasteiger charge is -2.12. The van der Waals surface area contributed by atoms with Crippen LogP contribution in [0, 0.1) is 0 Å². The van der Waals surface area contributed by atoms with Crippen molar-refractivity contribution in [3.8, 4) is 11.5 Å². The van der Waals surface area contributed by atoms with Gasteiger partial charge in [0.1, 0.15) is 26.1 Å². The van der Waals surface area contributed by atoms with Gasteiger partial charge < -0.3 is 21.7 Å². The van der Waals surface area contributed by atoms with Crippen LogP contribution in [-0.2, 0) is 40.5 Å². The minimum atomic E-state index is -5.21. The first-order chi connectivity index (χ1) is 38.8. The molecule has 0 aliphatic heterocycles. The molecule has 412 valence electrons. The van der Waals surface area contributed by atoms with E-state index in [1.54, 1.807) is 66.7 Å². The first kappa shape index (κ1) is 55.5. The summed E-state index contributed by atoms with van der Waals surface area (Å²) in [7, 11) is -19.3. The average Bonchev–Trinajstić information content (AvgIpc) is 2.81. The Morgan fingerprint density at radius 2 is 0.915 bits per heavy atom. The standard InChI is InChI=1S/C54H38N10O14S4/c55-40-19-22-44(61-60-43-24-25-47(80(70,71)72)36-6-2-1-5-35(36)43)37-18-21-46(53(65)50(37)40)63-57-32-14-9-29(10-15-32)8-11-31-12-16-33(26-48(31)81(73,74)75)58-64-52-49(82(76,77)78)28-39-45(23-20-41(56)51(39)54(52)66)62-59-42-7-3-4-30-13-17-34(27-38(30)42)79(67,68)69/h1-28,65-66H,55-56H2,(H,67,68,69)(H,70,71,72)(H,73,74,75)(H,76,77,78)/b11-8+,61-60?,62-59?,63-57?,64-58?. The van der Waals surface area contributed by atoms with Crippen molar-refractivity contribution in [2.75, 3.05) is 11.5 Å². The summed E-state index contributed by atoms with van der Waals surface area (Å²) in [6, 6.07) is 37.3. The van der Waals surface area contributed by atoms with Crippen LogP contribution < -0.4 is 11.5 Å². The van der Waals surface area contributed by atoms with Crippen LogP contribution in [0.25, 0.3) is 55.2 Å². The van der Waals surface area contributed by atoms with Crippen LogP contribution in [0.15, 0.2) is 218 Å². The van der Waals surface area contributed by atoms with E-state index in [2.05, 4.69) is 40.9 Å². The number of azo groups is 4. The molecule has 82 heavy (non-hydrogen) atoms. The number of hydrogen-bond donors (Lipinski definition) is 8. The predicted octanol–water partition coefficient (Wildman–Crippen LogP) is 13.7. The van der Waals surface area contributed by atoms with Gasteiger partial charge in [0.15, 0.2) is 11.5 Å². The maximum absolute atomic E-state index is 12.8. The molecular weight excluding hydrogens is 1140 g/mol. The number of benzene rings is 10. The van der Waals surface area contributed by atoms with Crippen LogP contribution in [0.2, 0.25) is 0 Å². The zero-order chi connectivity index (χ0) is 58.5. The summed E-state index contributed by atoms with van der Waals surface area (Å²) >= 11 is 0. The smallest absolute Gasteiger partial charge is 0.296 e. The number of fused-ring (bicyclic) bond motifs is 4. The molecule has 24 nitrogen and oxygen atoms in total. The second kappa shape index (κ2) is 21.4. The number of aromatic hydroxyl groups is 2. The van der Waals surface area contributed by atoms with Gasteiger partial charge in [-0.25, -0.2) is 0 Å². The quantitative estimate of drug-likeness (QED) is 0.0217. The molecule has 10 rings (SSSR count). The number of nitrogens with two attached hydrogens (primary N) is 2. The fourth-order valence-corrected chi connectivity index (χ4v) is 11.3. The highest BCUT2D eigenvalue weighted by atomic mass is 32.2. The molecule has 0 amide bonds. The van der Waals surface area contributed by atoms with Crippen molar-refractivity contribution in [3.63, 3.8) is 0 Å². The molecule has 0 unspecified atom stereocenters. The molecule has 0 aromatic heterocycles. The molecule has 0 atom stereocenters. The molecule has 0 aliphatic rings. The van der Waals surface area contributed by atoms with Gasteiger partial charge in [-0.05, 0) is 114 Å². The number of hydrogen-bond acceptors (Lipinski definition) is 20. The van der Waals surface area contributed by atoms with Crippen LogP contribution in [0.1, 0.15) is 11.1 Å². The summed E-state index contributed by atoms with van der Waals surface area (Å²) in [5.41, 5.74) is 13.1. The normalized spacial score (nSPS) is 13.0. The van der Waals surface area contributed by atoms with E-state index in [1.807, 2.05) is 0 Å². The van der Waals surface area contributed by atoms with Crippen molar-refractivity contribution < 1.29 is 62.1 Å². The zero-order valence-electron chi connectivity index (χ0n) is 41.5. The van der Waals surface area contributed by atoms with Gasteiger partial charge in [-0.15, -0.1) is 30.7 Å². The summed E-state index contributed by atoms with van der Waals surface area (Å²) in [5.74, 6) is -1.19. The fourth-order valence-electron chi connectivity index (χ4n) is 8.72. The molecule has 10 aromatic rings. The predicted molar refractivity (Wildman–Crippen MR) is 306 cm³/mol. The summed E-state index contributed by atoms with van der Waals surface area (Å²) in [5, 5.41) is 57.9. The zero-order valence-corrected chi connectivity index (χ0v) is 44.7. The number of anilines is 2. The fraction of sp³-hybridized carbons (Fsp3) is 0. The number of nitrogens with zero attached hydrogens (tertiary/aromatic N) is 8. The van der Waals surface area contributed by atoms with Gasteiger partial charge in [0.25, 0.3) is 40.5 Å². The molecule has 0 radical (unpaired) electrons. The maximum atomic E-state index is 12.8. The average molecular weight is 1180 g/mol. The molecule has 0 saturated carbocycles. The molecule has 0 bridgehead atoms. The van der Waals surface area contributed by atoms with E-state index in [1.165, 1.54) is 91.0 Å². The Bertz CT molecular complexity index is 4980. The summed E-state index contributed by atoms with van der Waals surface area (Å²) in [4.78, 5) is -2.30. The van der Waals surface area contributed by atoms with Gasteiger partial charge in [0.05, 0.1) is 49.8 Å². The Balaban J connectivity index is 0.883. The van der Waals surface area contributed by atoms with E-state index >= 15 is 0 Å². The van der Waals surface area contributed by atoms with Crippen LogP contribution in [0.5, 0.6) is 11.5 Å². The molecule has 0 heterocycles. The van der Waals surface area contributed by atoms with Crippen molar-refractivity contribution in [2.24, 2.45) is 40.9 Å². The first-order valence-electron chi connectivity index (χ1n) is 23.5. The van der Waals surface area contributed by atoms with Crippen LogP contribution in [0.4, 0.5) is 56.9 Å². The molecule has 0 saturated heterocycles. The van der Waals surface area contributed by atoms with Crippen molar-refractivity contribution in [1.29, 1.82) is 0 Å². The Hall–Kier alpha value is -9.78. The monoisotopic (exact) mass is 1180 g/mol. The third-order valence-electron chi connectivity index (χ3n) is 12.6. The van der Waals surface area contributed by atoms with Crippen LogP contribution in [0.3, 0.4) is 0 Å². The number of phenolic OH excluding ortho intramolecular Hbond substituents is 2. The number of nitrogen functional groups attached to an aromatic ring is 2. The summed E-state index contributed by atoms with van der Waals surface area (Å²) in [6.07, 6.45) is 2.88. The van der Waals surface area contributed by atoms with Crippen molar-refractivity contribution in [1.82, 2.24) is 0 Å². The maximum Gasteiger partial charge on any atom is 0.296 e. The molecular formula is C54H38N10O14S4. The summed E-state index contributed by atoms with van der Waals surface area (Å²) < 4.78 is 139. The van der Waals surface area contributed by atoms with Gasteiger partial charge in [0, 0.05) is 38.3 Å². The number of rotatable bonds is 14. The van der Waals surface area contributed by atoms with Gasteiger partial charge >= 0.3 is 0 Å². The minimum Gasteiger partial charge on any atom is -0.505 e. The van der Waals surface area contributed by atoms with E-state index in [4.69, 9.17) is 11.5 Å². The van der Waals surface area contributed by atoms with Gasteiger partial charge in [0.2, 0.25) is 0 Å². The SMILES string of the molecule is Nc1ccc(N=Nc2ccc(S(=O)(=O)O)c3ccccc23)c2ccc(N=Nc3ccc(/C=C/c4ccc(N=Nc5c(S(=O)(=O)O)cc6c(N=Nc7cccc8ccc(S(=O)(=O)O)cc78)ccc(N)c6c5O)cc4S(=O)(=O)O)cc3)c(O)c12. The topological polar surface area (TPSA) is 409 Å². The van der Waals surface area contributed by atoms with E-state index < -0.39 is 66.6 Å². The molecule has 28 heteroatoms. The lowest BCUT2D eigenvalue weighted by atomic mass is 10.0. The highest BCUT2D eigenvalue weighted by Gasteiger charge is 2.25. The van der Waals surface area contributed by atoms with Crippen molar-refractivity contribution in [3.05, 3.63) is 169 Å². The Morgan fingerprint density at radius 1 is 0.366 bits per heavy atom. The first-order valence-corrected chi connectivity index (χ1v) is 29.3. The van der Waals surface area contributed by atoms with Gasteiger partial charge in [-0.1, -0.05) is 72.8 Å². The molecule has 0 fully saturated rings. The van der Waals surface area contributed by atoms with Crippen LogP contribution in [-0.4, -0.2) is 62.1 Å². The van der Waals surface area contributed by atoms with Crippen LogP contribution >= 0.6 is 0 Å². The molecule has 0 spiro atoms. The Morgan fingerprint density at radius 3 is 1.56 bits per heavy atom. The Kier molecular flexibility index (Phi) is 14.5. The van der Waals surface area contributed by atoms with E-state index in [0.717, 1.165) is 12.1 Å². The summed E-state index contributed by atoms with van der Waals surface area (Å²) in [6.45, 7) is 0. The second-order valence-electron chi connectivity index (χ2n) is 17.8. The van der Waals surface area contributed by atoms with Crippen molar-refractivity contribution in [2.45, 2.75) is 19.6 Å². The van der Waals surface area contributed by atoms with Gasteiger partial charge in [-0.3, -0.25) is 18.2 Å². The highest BCUT2D eigenvalue weighted by Crippen LogP contribution is 2.48. The van der Waals surface area contributed by atoms with E-state index in [0.29, 0.717) is 38.8 Å². The third-order valence-corrected chi connectivity index (χ3v) is 16.1. The van der Waals surface area contributed by atoms with Gasteiger partial charge in [-0.2, -0.15) is 43.9 Å². The highest BCUT2D eigenvalue weighted by molar-refractivity contribution is 7.86. The third kappa shape index (κ3) is 11.3. The van der Waals surface area contributed by atoms with E-state index in [-0.39, 0.29) is 77.3 Å². The molecule has 10 aromatic carbocycles. The Labute approximate surface area is 464 Å². The number of phenols is 2. The molecule has 10 N–H and O–H groups in total. The largest absolute Gasteiger partial charge is 0.505 e. The lowest BCUT2D eigenvalue weighted by molar-refractivity contribution is 0.472. The molecule has 0 aliphatic carbocycles. The van der Waals surface area contributed by atoms with E-state index in [9.17, 15) is 62.1 Å².